The van der Waals surface area contributed by atoms with Crippen molar-refractivity contribution < 1.29 is 21.6 Å². The first-order valence-corrected chi connectivity index (χ1v) is 10.6. The first kappa shape index (κ1) is 19.6. The van der Waals surface area contributed by atoms with E-state index in [-0.39, 0.29) is 21.0 Å². The van der Waals surface area contributed by atoms with E-state index < -0.39 is 32.3 Å². The molecule has 0 bridgehead atoms. The monoisotopic (exact) mass is 393 g/mol. The molecule has 0 heterocycles. The maximum absolute atomic E-state index is 12.2. The molecule has 0 saturated carbocycles. The molecule has 2 rings (SSSR count). The number of hydrogen-bond acceptors (Lipinski definition) is 6. The van der Waals surface area contributed by atoms with E-state index in [2.05, 4.69) is 10.0 Å². The molecule has 0 aliphatic rings. The van der Waals surface area contributed by atoms with E-state index in [0.717, 1.165) is 6.26 Å². The third-order valence-corrected chi connectivity index (χ3v) is 5.84. The van der Waals surface area contributed by atoms with Gasteiger partial charge in [-0.25, -0.2) is 21.6 Å². The van der Waals surface area contributed by atoms with E-state index in [9.17, 15) is 21.6 Å². The van der Waals surface area contributed by atoms with Gasteiger partial charge in [0.05, 0.1) is 21.9 Å². The highest BCUT2D eigenvalue weighted by Gasteiger charge is 2.19. The second-order valence-corrected chi connectivity index (χ2v) is 9.03. The Bertz CT molecular complexity index is 1090. The maximum atomic E-state index is 12.2. The lowest BCUT2D eigenvalue weighted by molar-refractivity contribution is -0.115. The highest BCUT2D eigenvalue weighted by Crippen LogP contribution is 2.16. The van der Waals surface area contributed by atoms with Crippen molar-refractivity contribution in [3.05, 3.63) is 54.1 Å². The summed E-state index contributed by atoms with van der Waals surface area (Å²) in [5.74, 6) is -0.686. The SMILES string of the molecule is CS(=O)(=O)c1cccc(NC(=O)CNS(=O)(=O)c2ccccc2C#N)c1. The Morgan fingerprint density at radius 2 is 1.77 bits per heavy atom. The zero-order valence-corrected chi connectivity index (χ0v) is 15.3. The Balaban J connectivity index is 2.09. The minimum Gasteiger partial charge on any atom is -0.325 e. The fourth-order valence-electron chi connectivity index (χ4n) is 2.04. The zero-order chi connectivity index (χ0) is 19.4. The number of amides is 1. The lowest BCUT2D eigenvalue weighted by Gasteiger charge is -2.09. The van der Waals surface area contributed by atoms with E-state index in [1.54, 1.807) is 6.07 Å². The molecule has 2 aromatic rings. The van der Waals surface area contributed by atoms with Crippen molar-refractivity contribution in [1.82, 2.24) is 4.72 Å². The van der Waals surface area contributed by atoms with Gasteiger partial charge in [0.15, 0.2) is 9.84 Å². The summed E-state index contributed by atoms with van der Waals surface area (Å²) in [7, 11) is -7.48. The molecule has 0 atom stereocenters. The van der Waals surface area contributed by atoms with E-state index >= 15 is 0 Å². The van der Waals surface area contributed by atoms with E-state index in [4.69, 9.17) is 5.26 Å². The lowest BCUT2D eigenvalue weighted by atomic mass is 10.2. The number of anilines is 1. The summed E-state index contributed by atoms with van der Waals surface area (Å²) in [6.45, 7) is -0.578. The molecule has 0 aliphatic carbocycles. The third-order valence-electron chi connectivity index (χ3n) is 3.27. The fraction of sp³-hybridized carbons (Fsp3) is 0.125. The summed E-state index contributed by atoms with van der Waals surface area (Å²) in [5.41, 5.74) is 0.177. The van der Waals surface area contributed by atoms with Crippen molar-refractivity contribution in [2.24, 2.45) is 0 Å². The van der Waals surface area contributed by atoms with Crippen molar-refractivity contribution in [2.75, 3.05) is 18.1 Å². The van der Waals surface area contributed by atoms with Gasteiger partial charge >= 0.3 is 0 Å². The number of hydrogen-bond donors (Lipinski definition) is 2. The molecule has 2 aromatic carbocycles. The maximum Gasteiger partial charge on any atom is 0.242 e. The van der Waals surface area contributed by atoms with Crippen LogP contribution < -0.4 is 10.0 Å². The van der Waals surface area contributed by atoms with Gasteiger partial charge in [0.1, 0.15) is 6.07 Å². The summed E-state index contributed by atoms with van der Waals surface area (Å²) in [4.78, 5) is 11.8. The van der Waals surface area contributed by atoms with E-state index in [0.29, 0.717) is 0 Å². The van der Waals surface area contributed by atoms with E-state index in [1.807, 2.05) is 0 Å². The molecule has 2 N–H and O–H groups in total. The molecular formula is C16H15N3O5S2. The highest BCUT2D eigenvalue weighted by molar-refractivity contribution is 7.90. The summed E-state index contributed by atoms with van der Waals surface area (Å²) in [5, 5.41) is 11.4. The number of benzene rings is 2. The minimum atomic E-state index is -4.05. The topological polar surface area (TPSA) is 133 Å². The van der Waals surface area contributed by atoms with Gasteiger partial charge < -0.3 is 5.32 Å². The van der Waals surface area contributed by atoms with Crippen molar-refractivity contribution >= 4 is 31.5 Å². The van der Waals surface area contributed by atoms with Crippen LogP contribution in [0.3, 0.4) is 0 Å². The largest absolute Gasteiger partial charge is 0.325 e. The number of carbonyl (C=O) groups is 1. The van der Waals surface area contributed by atoms with Gasteiger partial charge in [0.25, 0.3) is 0 Å². The number of nitrogens with zero attached hydrogens (tertiary/aromatic N) is 1. The van der Waals surface area contributed by atoms with Gasteiger partial charge in [-0.05, 0) is 30.3 Å². The predicted octanol–water partition coefficient (Wildman–Crippen LogP) is 0.879. The van der Waals surface area contributed by atoms with Crippen molar-refractivity contribution in [3.63, 3.8) is 0 Å². The first-order valence-electron chi connectivity index (χ1n) is 7.22. The van der Waals surface area contributed by atoms with Gasteiger partial charge in [-0.15, -0.1) is 0 Å². The summed E-state index contributed by atoms with van der Waals surface area (Å²) < 4.78 is 49.6. The van der Waals surface area contributed by atoms with Crippen LogP contribution >= 0.6 is 0 Å². The summed E-state index contributed by atoms with van der Waals surface area (Å²) >= 11 is 0. The van der Waals surface area contributed by atoms with Crippen molar-refractivity contribution in [1.29, 1.82) is 5.26 Å². The van der Waals surface area contributed by atoms with Crippen LogP contribution in [-0.2, 0) is 24.7 Å². The van der Waals surface area contributed by atoms with Crippen LogP contribution in [0, 0.1) is 11.3 Å². The average molecular weight is 393 g/mol. The lowest BCUT2D eigenvalue weighted by Crippen LogP contribution is -2.33. The predicted molar refractivity (Wildman–Crippen MR) is 94.5 cm³/mol. The van der Waals surface area contributed by atoms with Gasteiger partial charge in [0.2, 0.25) is 15.9 Å². The standard InChI is InChI=1S/C16H15N3O5S2/c1-25(21,22)14-7-4-6-13(9-14)19-16(20)11-18-26(23,24)15-8-3-2-5-12(15)10-17/h2-9,18H,11H2,1H3,(H,19,20). The molecule has 136 valence electrons. The Hall–Kier alpha value is -2.74. The minimum absolute atomic E-state index is 0.0267. The van der Waals surface area contributed by atoms with E-state index in [1.165, 1.54) is 48.5 Å². The summed E-state index contributed by atoms with van der Waals surface area (Å²) in [6.07, 6.45) is 1.04. The van der Waals surface area contributed by atoms with Crippen LogP contribution in [0.25, 0.3) is 0 Å². The number of rotatable bonds is 6. The van der Waals surface area contributed by atoms with Crippen LogP contribution in [0.15, 0.2) is 58.3 Å². The average Bonchev–Trinajstić information content (AvgIpc) is 2.59. The van der Waals surface area contributed by atoms with Crippen LogP contribution in [0.5, 0.6) is 0 Å². The Morgan fingerprint density at radius 3 is 2.42 bits per heavy atom. The smallest absolute Gasteiger partial charge is 0.242 e. The number of sulfone groups is 1. The molecular weight excluding hydrogens is 378 g/mol. The summed E-state index contributed by atoms with van der Waals surface area (Å²) in [6, 6.07) is 13.0. The molecule has 1 amide bonds. The van der Waals surface area contributed by atoms with Crippen molar-refractivity contribution in [2.45, 2.75) is 9.79 Å². The van der Waals surface area contributed by atoms with Crippen LogP contribution in [0.1, 0.15) is 5.56 Å². The first-order chi connectivity index (χ1) is 12.1. The van der Waals surface area contributed by atoms with Gasteiger partial charge in [-0.2, -0.15) is 5.26 Å². The molecule has 0 unspecified atom stereocenters. The van der Waals surface area contributed by atoms with Crippen LogP contribution in [0.4, 0.5) is 5.69 Å². The molecule has 0 saturated heterocycles. The van der Waals surface area contributed by atoms with Crippen LogP contribution in [-0.4, -0.2) is 35.5 Å². The molecule has 10 heteroatoms. The molecule has 0 aromatic heterocycles. The molecule has 0 spiro atoms. The zero-order valence-electron chi connectivity index (χ0n) is 13.6. The molecule has 8 nitrogen and oxygen atoms in total. The van der Waals surface area contributed by atoms with Gasteiger partial charge in [0, 0.05) is 11.9 Å². The molecule has 0 radical (unpaired) electrons. The van der Waals surface area contributed by atoms with Crippen molar-refractivity contribution in [3.8, 4) is 6.07 Å². The third kappa shape index (κ3) is 4.89. The van der Waals surface area contributed by atoms with Gasteiger partial charge in [-0.3, -0.25) is 4.79 Å². The van der Waals surface area contributed by atoms with Gasteiger partial charge in [-0.1, -0.05) is 18.2 Å². The Morgan fingerprint density at radius 1 is 1.08 bits per heavy atom. The number of nitrogens with one attached hydrogen (secondary N) is 2. The Kier molecular flexibility index (Phi) is 5.76. The molecule has 0 fully saturated rings. The number of nitriles is 1. The normalized spacial score (nSPS) is 11.5. The number of carbonyl (C=O) groups excluding carboxylic acids is 1. The highest BCUT2D eigenvalue weighted by atomic mass is 32.2. The second-order valence-electron chi connectivity index (χ2n) is 5.28. The Labute approximate surface area is 151 Å². The second kappa shape index (κ2) is 7.65. The molecule has 0 aliphatic heterocycles. The number of sulfonamides is 1. The van der Waals surface area contributed by atoms with Crippen LogP contribution in [0.2, 0.25) is 0 Å². The molecule has 26 heavy (non-hydrogen) atoms. The fourth-order valence-corrected chi connectivity index (χ4v) is 3.85. The quantitative estimate of drug-likeness (QED) is 0.748.